The Morgan fingerprint density at radius 2 is 0.615 bits per heavy atom. The van der Waals surface area contributed by atoms with Gasteiger partial charge in [0.15, 0.2) is 0 Å². The molecule has 0 unspecified atom stereocenters. The molecule has 0 saturated carbocycles. The third-order valence-electron chi connectivity index (χ3n) is 0. The Balaban J connectivity index is -0.00000000286. The summed E-state index contributed by atoms with van der Waals surface area (Å²) in [5.74, 6) is 0. The van der Waals surface area contributed by atoms with E-state index in [4.69, 9.17) is 17.5 Å². The van der Waals surface area contributed by atoms with Crippen molar-refractivity contribution in [1.82, 2.24) is 0 Å². The van der Waals surface area contributed by atoms with Gasteiger partial charge in [-0.2, -0.15) is 0 Å². The summed E-state index contributed by atoms with van der Waals surface area (Å²) >= 11 is 0. The summed E-state index contributed by atoms with van der Waals surface area (Å²) in [6, 6.07) is 0. The molecule has 0 aliphatic rings. The molecule has 12 N–H and O–H groups in total. The molecule has 0 heterocycles. The summed E-state index contributed by atoms with van der Waals surface area (Å²) in [4.78, 5) is 0. The van der Waals surface area contributed by atoms with Crippen LogP contribution in [-0.4, -0.2) is 50.4 Å². The molecule has 0 radical (unpaired) electrons. The van der Waals surface area contributed by atoms with Crippen molar-refractivity contribution in [2.45, 2.75) is 0 Å². The molecule has 0 aromatic carbocycles. The van der Waals surface area contributed by atoms with E-state index in [1.54, 1.807) is 0 Å². The first-order valence-electron chi connectivity index (χ1n) is 0.667. The molecule has 0 saturated heterocycles. The molecule has 0 fully saturated rings. The van der Waals surface area contributed by atoms with E-state index in [-0.39, 0.29) is 70.6 Å². The molecule has 13 heteroatoms. The second-order valence-electron chi connectivity index (χ2n) is 0.408. The minimum Gasteiger partial charge on any atom is -0.759 e. The van der Waals surface area contributed by atoms with Gasteiger partial charge >= 0.3 is 37.7 Å². The van der Waals surface area contributed by atoms with Crippen LogP contribution in [0.4, 0.5) is 0 Å². The quantitative estimate of drug-likeness (QED) is 0.217. The molecule has 13 heavy (non-hydrogen) atoms. The maximum Gasteiger partial charge on any atom is 1.00 e. The summed E-state index contributed by atoms with van der Waals surface area (Å²) in [5.41, 5.74) is 0. The maximum atomic E-state index is 8.52. The van der Waals surface area contributed by atoms with Gasteiger partial charge in [0.05, 0.1) is 0 Å². The van der Waals surface area contributed by atoms with E-state index < -0.39 is 10.4 Å². The van der Waals surface area contributed by atoms with E-state index in [1.165, 1.54) is 0 Å². The van der Waals surface area contributed by atoms with Crippen LogP contribution in [0.2, 0.25) is 0 Å². The van der Waals surface area contributed by atoms with Crippen LogP contribution in [0.3, 0.4) is 0 Å². The van der Waals surface area contributed by atoms with Crippen LogP contribution in [0.15, 0.2) is 0 Å². The second-order valence-corrected chi connectivity index (χ2v) is 1.22. The Morgan fingerprint density at radius 1 is 0.615 bits per heavy atom. The molecule has 0 aliphatic carbocycles. The standard InChI is InChI=1S/2Li.H2O4S.6H2O/c;;1-5(2,3)4;;;;;;/h;;(H2,1,2,3,4);6*1H2/q2*+1;;;;;;;/p-2. The fourth-order valence-electron chi connectivity index (χ4n) is 0. The van der Waals surface area contributed by atoms with E-state index in [1.807, 2.05) is 0 Å². The average molecular weight is 218 g/mol. The van der Waals surface area contributed by atoms with Crippen molar-refractivity contribution < 1.29 is 88.1 Å². The van der Waals surface area contributed by atoms with Gasteiger partial charge in [0.25, 0.3) is 0 Å². The van der Waals surface area contributed by atoms with E-state index >= 15 is 0 Å². The molecule has 0 aliphatic heterocycles. The molecular weight excluding hydrogens is 206 g/mol. The van der Waals surface area contributed by atoms with Gasteiger partial charge in [0, 0.05) is 10.4 Å². The monoisotopic (exact) mass is 218 g/mol. The molecule has 0 aromatic rings. The third kappa shape index (κ3) is 2210. The molecule has 0 rings (SSSR count). The smallest absolute Gasteiger partial charge is 0.759 e. The average Bonchev–Trinajstić information content (AvgIpc) is 0.722. The van der Waals surface area contributed by atoms with Gasteiger partial charge in [-0.15, -0.1) is 0 Å². The molecule has 10 nitrogen and oxygen atoms in total. The van der Waals surface area contributed by atoms with Gasteiger partial charge in [0.2, 0.25) is 0 Å². The van der Waals surface area contributed by atoms with E-state index in [0.29, 0.717) is 0 Å². The minimum atomic E-state index is -5.17. The normalized spacial score (nSPS) is 4.46. The second kappa shape index (κ2) is 38.5. The first-order valence-corrected chi connectivity index (χ1v) is 2.00. The first kappa shape index (κ1) is 97.7. The van der Waals surface area contributed by atoms with Gasteiger partial charge in [-0.05, 0) is 0 Å². The Kier molecular flexibility index (Phi) is 289. The largest absolute Gasteiger partial charge is 1.00 e. The van der Waals surface area contributed by atoms with Crippen molar-refractivity contribution in [3.05, 3.63) is 0 Å². The van der Waals surface area contributed by atoms with E-state index in [0.717, 1.165) is 0 Å². The van der Waals surface area contributed by atoms with Crippen molar-refractivity contribution in [2.24, 2.45) is 0 Å². The molecule has 80 valence electrons. The van der Waals surface area contributed by atoms with Crippen molar-refractivity contribution in [3.63, 3.8) is 0 Å². The Labute approximate surface area is 98.5 Å². The SMILES string of the molecule is O.O.O.O.O.O.O=S(=O)([O-])[O-].[Li+].[Li+]. The maximum absolute atomic E-state index is 8.52. The Hall–Kier alpha value is 0.825. The summed E-state index contributed by atoms with van der Waals surface area (Å²) in [6.45, 7) is 0. The zero-order valence-electron chi connectivity index (χ0n) is 7.04. The summed E-state index contributed by atoms with van der Waals surface area (Å²) in [7, 11) is -5.17. The molecule has 0 aromatic heterocycles. The molecule has 0 amide bonds. The van der Waals surface area contributed by atoms with Crippen LogP contribution < -0.4 is 37.7 Å². The van der Waals surface area contributed by atoms with E-state index in [9.17, 15) is 0 Å². The summed E-state index contributed by atoms with van der Waals surface area (Å²) < 4.78 is 34.1. The number of hydrogen-bond donors (Lipinski definition) is 0. The van der Waals surface area contributed by atoms with Gasteiger partial charge in [-0.3, -0.25) is 8.42 Å². The Morgan fingerprint density at radius 3 is 0.615 bits per heavy atom. The van der Waals surface area contributed by atoms with Gasteiger partial charge < -0.3 is 42.0 Å². The molecular formula is H12Li2O10S. The first-order chi connectivity index (χ1) is 2.00. The van der Waals surface area contributed by atoms with Gasteiger partial charge in [-0.25, -0.2) is 0 Å². The predicted molar refractivity (Wildman–Crippen MR) is 32.2 cm³/mol. The summed E-state index contributed by atoms with van der Waals surface area (Å²) in [5, 5.41) is 0. The summed E-state index contributed by atoms with van der Waals surface area (Å²) in [6.07, 6.45) is 0. The van der Waals surface area contributed by atoms with Gasteiger partial charge in [-0.1, -0.05) is 0 Å². The van der Waals surface area contributed by atoms with Crippen molar-refractivity contribution in [1.29, 1.82) is 0 Å². The van der Waals surface area contributed by atoms with Crippen LogP contribution in [-0.2, 0) is 10.4 Å². The number of rotatable bonds is 0. The van der Waals surface area contributed by atoms with Crippen LogP contribution in [0.5, 0.6) is 0 Å². The Bertz CT molecular complexity index is 96.1. The number of hydrogen-bond acceptors (Lipinski definition) is 4. The van der Waals surface area contributed by atoms with Crippen LogP contribution in [0, 0.1) is 0 Å². The molecule has 0 atom stereocenters. The zero-order chi connectivity index (χ0) is 4.50. The van der Waals surface area contributed by atoms with Crippen LogP contribution in [0.1, 0.15) is 0 Å². The van der Waals surface area contributed by atoms with Crippen LogP contribution >= 0.6 is 0 Å². The fourth-order valence-corrected chi connectivity index (χ4v) is 0. The molecule has 0 spiro atoms. The van der Waals surface area contributed by atoms with Crippen LogP contribution in [0.25, 0.3) is 0 Å². The molecule has 0 bridgehead atoms. The minimum absolute atomic E-state index is 0. The van der Waals surface area contributed by atoms with E-state index in [2.05, 4.69) is 0 Å². The predicted octanol–water partition coefficient (Wildman–Crippen LogP) is -12.3. The van der Waals surface area contributed by atoms with Crippen molar-refractivity contribution in [2.75, 3.05) is 0 Å². The van der Waals surface area contributed by atoms with Crippen molar-refractivity contribution in [3.8, 4) is 0 Å². The van der Waals surface area contributed by atoms with Crippen molar-refractivity contribution >= 4 is 10.4 Å². The third-order valence-corrected chi connectivity index (χ3v) is 0. The van der Waals surface area contributed by atoms with Gasteiger partial charge in [0.1, 0.15) is 0 Å². The fraction of sp³-hybridized carbons (Fsp3) is 0. The zero-order valence-corrected chi connectivity index (χ0v) is 7.86. The topological polar surface area (TPSA) is 269 Å².